The van der Waals surface area contributed by atoms with Crippen LogP contribution < -0.4 is 4.74 Å². The number of allylic oxidation sites excluding steroid dienone is 1. The molecule has 0 aromatic heterocycles. The van der Waals surface area contributed by atoms with Crippen LogP contribution in [0.3, 0.4) is 0 Å². The highest BCUT2D eigenvalue weighted by molar-refractivity contribution is 5.90. The molecule has 0 fully saturated rings. The molecule has 0 radical (unpaired) electrons. The van der Waals surface area contributed by atoms with Crippen molar-refractivity contribution < 1.29 is 14.3 Å². The van der Waals surface area contributed by atoms with E-state index in [2.05, 4.69) is 0 Å². The van der Waals surface area contributed by atoms with Gasteiger partial charge >= 0.3 is 0 Å². The number of methoxy groups -OCH3 is 1. The molecule has 0 saturated carbocycles. The van der Waals surface area contributed by atoms with E-state index in [1.54, 1.807) is 7.11 Å². The molecular formula is C12H12O3. The molecule has 1 aliphatic rings. The van der Waals surface area contributed by atoms with Crippen LogP contribution in [-0.2, 0) is 9.53 Å². The van der Waals surface area contributed by atoms with E-state index >= 15 is 0 Å². The minimum atomic E-state index is -0.183. The molecule has 15 heavy (non-hydrogen) atoms. The molecule has 1 aliphatic heterocycles. The fourth-order valence-electron chi connectivity index (χ4n) is 1.55. The minimum Gasteiger partial charge on any atom is -0.497 e. The zero-order valence-corrected chi connectivity index (χ0v) is 8.47. The van der Waals surface area contributed by atoms with Gasteiger partial charge in [-0.15, -0.1) is 0 Å². The Kier molecular flexibility index (Phi) is 2.72. The van der Waals surface area contributed by atoms with Crippen LogP contribution in [-0.4, -0.2) is 12.9 Å². The molecule has 0 N–H and O–H groups in total. The molecule has 3 heteroatoms. The van der Waals surface area contributed by atoms with E-state index in [0.717, 1.165) is 11.3 Å². The average Bonchev–Trinajstić information content (AvgIpc) is 2.29. The van der Waals surface area contributed by atoms with Gasteiger partial charge in [0.25, 0.3) is 0 Å². The van der Waals surface area contributed by atoms with Gasteiger partial charge in [0.05, 0.1) is 19.8 Å². The average molecular weight is 204 g/mol. The number of benzene rings is 1. The highest BCUT2D eigenvalue weighted by atomic mass is 16.5. The fourth-order valence-corrected chi connectivity index (χ4v) is 1.55. The minimum absolute atomic E-state index is 0.0917. The maximum absolute atomic E-state index is 11.2. The van der Waals surface area contributed by atoms with Gasteiger partial charge in [-0.2, -0.15) is 0 Å². The first-order valence-electron chi connectivity index (χ1n) is 4.78. The number of carbonyl (C=O) groups is 1. The van der Waals surface area contributed by atoms with E-state index < -0.39 is 0 Å². The van der Waals surface area contributed by atoms with Gasteiger partial charge in [-0.3, -0.25) is 4.79 Å². The number of rotatable bonds is 2. The molecule has 0 saturated heterocycles. The molecule has 1 heterocycles. The van der Waals surface area contributed by atoms with Crippen LogP contribution in [0.2, 0.25) is 0 Å². The second-order valence-electron chi connectivity index (χ2n) is 3.37. The van der Waals surface area contributed by atoms with Crippen molar-refractivity contribution in [1.82, 2.24) is 0 Å². The zero-order chi connectivity index (χ0) is 10.7. The van der Waals surface area contributed by atoms with Gasteiger partial charge in [-0.25, -0.2) is 0 Å². The Morgan fingerprint density at radius 1 is 1.47 bits per heavy atom. The summed E-state index contributed by atoms with van der Waals surface area (Å²) in [5.74, 6) is 0.868. The summed E-state index contributed by atoms with van der Waals surface area (Å²) in [5.41, 5.74) is 0.965. The summed E-state index contributed by atoms with van der Waals surface area (Å²) in [6, 6.07) is 7.57. The lowest BCUT2D eigenvalue weighted by Crippen LogP contribution is -2.11. The lowest BCUT2D eigenvalue weighted by molar-refractivity contribution is -0.118. The van der Waals surface area contributed by atoms with E-state index in [1.807, 2.05) is 24.3 Å². The van der Waals surface area contributed by atoms with E-state index in [-0.39, 0.29) is 11.9 Å². The Balaban J connectivity index is 2.22. The highest BCUT2D eigenvalue weighted by Gasteiger charge is 2.18. The highest BCUT2D eigenvalue weighted by Crippen LogP contribution is 2.27. The van der Waals surface area contributed by atoms with Crippen molar-refractivity contribution in [1.29, 1.82) is 0 Å². The van der Waals surface area contributed by atoms with Crippen molar-refractivity contribution in [3.05, 3.63) is 42.2 Å². The van der Waals surface area contributed by atoms with Crippen molar-refractivity contribution in [2.45, 2.75) is 12.5 Å². The number of hydrogen-bond donors (Lipinski definition) is 0. The largest absolute Gasteiger partial charge is 0.497 e. The lowest BCUT2D eigenvalue weighted by atomic mass is 10.0. The molecule has 2 rings (SSSR count). The zero-order valence-electron chi connectivity index (χ0n) is 8.47. The van der Waals surface area contributed by atoms with Crippen LogP contribution in [0.4, 0.5) is 0 Å². The molecular weight excluding hydrogens is 192 g/mol. The molecule has 0 spiro atoms. The van der Waals surface area contributed by atoms with Crippen molar-refractivity contribution in [3.63, 3.8) is 0 Å². The van der Waals surface area contributed by atoms with Gasteiger partial charge < -0.3 is 9.47 Å². The molecule has 0 bridgehead atoms. The normalized spacial score (nSPS) is 19.8. The van der Waals surface area contributed by atoms with Gasteiger partial charge in [0.2, 0.25) is 0 Å². The summed E-state index contributed by atoms with van der Waals surface area (Å²) in [7, 11) is 1.62. The van der Waals surface area contributed by atoms with Crippen molar-refractivity contribution in [3.8, 4) is 5.75 Å². The maximum atomic E-state index is 11.2. The molecule has 1 aromatic rings. The van der Waals surface area contributed by atoms with Crippen LogP contribution >= 0.6 is 0 Å². The van der Waals surface area contributed by atoms with Crippen molar-refractivity contribution >= 4 is 5.78 Å². The quantitative estimate of drug-likeness (QED) is 0.741. The summed E-state index contributed by atoms with van der Waals surface area (Å²) in [5, 5.41) is 0. The van der Waals surface area contributed by atoms with Crippen LogP contribution in [0, 0.1) is 0 Å². The smallest absolute Gasteiger partial charge is 0.162 e. The molecule has 1 atom stereocenters. The Labute approximate surface area is 88.3 Å². The lowest BCUT2D eigenvalue weighted by Gasteiger charge is -2.19. The Bertz CT molecular complexity index is 396. The number of hydrogen-bond acceptors (Lipinski definition) is 3. The first-order chi connectivity index (χ1) is 7.29. The maximum Gasteiger partial charge on any atom is 0.162 e. The van der Waals surface area contributed by atoms with Gasteiger partial charge in [0, 0.05) is 6.08 Å². The van der Waals surface area contributed by atoms with Crippen molar-refractivity contribution in [2.24, 2.45) is 0 Å². The predicted molar refractivity (Wildman–Crippen MR) is 55.6 cm³/mol. The van der Waals surface area contributed by atoms with Gasteiger partial charge in [0.15, 0.2) is 5.78 Å². The van der Waals surface area contributed by atoms with Crippen LogP contribution in [0.15, 0.2) is 36.6 Å². The standard InChI is InChI=1S/C12H12O3/c1-14-11-4-2-3-9(7-11)12-8-10(13)5-6-15-12/h2-7,12H,8H2,1H3. The Morgan fingerprint density at radius 2 is 2.33 bits per heavy atom. The van der Waals surface area contributed by atoms with E-state index in [4.69, 9.17) is 9.47 Å². The molecule has 3 nitrogen and oxygen atoms in total. The van der Waals surface area contributed by atoms with E-state index in [1.165, 1.54) is 12.3 Å². The Hall–Kier alpha value is -1.77. The summed E-state index contributed by atoms with van der Waals surface area (Å²) in [6.07, 6.45) is 3.12. The predicted octanol–water partition coefficient (Wildman–Crippen LogP) is 2.24. The fraction of sp³-hybridized carbons (Fsp3) is 0.250. The summed E-state index contributed by atoms with van der Waals surface area (Å²) >= 11 is 0. The van der Waals surface area contributed by atoms with Crippen molar-refractivity contribution in [2.75, 3.05) is 7.11 Å². The number of ether oxygens (including phenoxy) is 2. The molecule has 0 aliphatic carbocycles. The van der Waals surface area contributed by atoms with Crippen LogP contribution in [0.1, 0.15) is 18.1 Å². The monoisotopic (exact) mass is 204 g/mol. The molecule has 0 amide bonds. The first kappa shape index (κ1) is 9.77. The topological polar surface area (TPSA) is 35.5 Å². The molecule has 1 aromatic carbocycles. The SMILES string of the molecule is COc1cccc(C2CC(=O)C=CO2)c1. The van der Waals surface area contributed by atoms with E-state index in [9.17, 15) is 4.79 Å². The summed E-state index contributed by atoms with van der Waals surface area (Å²) in [6.45, 7) is 0. The third-order valence-electron chi connectivity index (χ3n) is 2.35. The van der Waals surface area contributed by atoms with Crippen LogP contribution in [0.5, 0.6) is 5.75 Å². The first-order valence-corrected chi connectivity index (χ1v) is 4.78. The van der Waals surface area contributed by atoms with Gasteiger partial charge in [-0.1, -0.05) is 12.1 Å². The Morgan fingerprint density at radius 3 is 3.07 bits per heavy atom. The third kappa shape index (κ3) is 2.18. The van der Waals surface area contributed by atoms with Crippen LogP contribution in [0.25, 0.3) is 0 Å². The summed E-state index contributed by atoms with van der Waals surface area (Å²) in [4.78, 5) is 11.2. The molecule has 78 valence electrons. The third-order valence-corrected chi connectivity index (χ3v) is 2.35. The van der Waals surface area contributed by atoms with Gasteiger partial charge in [0.1, 0.15) is 11.9 Å². The number of carbonyl (C=O) groups excluding carboxylic acids is 1. The second-order valence-corrected chi connectivity index (χ2v) is 3.37. The summed E-state index contributed by atoms with van der Waals surface area (Å²) < 4.78 is 10.5. The van der Waals surface area contributed by atoms with E-state index in [0.29, 0.717) is 6.42 Å². The number of ketones is 1. The van der Waals surface area contributed by atoms with Gasteiger partial charge in [-0.05, 0) is 17.7 Å². The second kappa shape index (κ2) is 4.17. The molecule has 1 unspecified atom stereocenters.